The molecule has 0 unspecified atom stereocenters. The van der Waals surface area contributed by atoms with Gasteiger partial charge in [-0.2, -0.15) is 15.1 Å². The summed E-state index contributed by atoms with van der Waals surface area (Å²) in [6.07, 6.45) is 11.5. The lowest BCUT2D eigenvalue weighted by Crippen LogP contribution is -2.44. The number of amides is 1. The minimum atomic E-state index is -0.0223. The van der Waals surface area contributed by atoms with Crippen LogP contribution in [-0.2, 0) is 9.53 Å². The molecule has 1 saturated carbocycles. The zero-order valence-electron chi connectivity index (χ0n) is 18.5. The Morgan fingerprint density at radius 2 is 2.15 bits per heavy atom. The van der Waals surface area contributed by atoms with Gasteiger partial charge < -0.3 is 25.3 Å². The molecule has 3 N–H and O–H groups in total. The third-order valence-corrected chi connectivity index (χ3v) is 6.68. The van der Waals surface area contributed by atoms with Crippen LogP contribution < -0.4 is 10.6 Å². The molecule has 5 heterocycles. The van der Waals surface area contributed by atoms with Gasteiger partial charge in [-0.25, -0.2) is 0 Å². The molecule has 172 valence electrons. The number of piperidine rings is 1. The highest BCUT2D eigenvalue weighted by molar-refractivity contribution is 5.92. The highest BCUT2D eigenvalue weighted by atomic mass is 16.5. The van der Waals surface area contributed by atoms with Crippen LogP contribution in [0.1, 0.15) is 43.2 Å². The van der Waals surface area contributed by atoms with Crippen molar-refractivity contribution >= 4 is 34.4 Å². The normalized spacial score (nSPS) is 21.1. The summed E-state index contributed by atoms with van der Waals surface area (Å²) >= 11 is 0. The van der Waals surface area contributed by atoms with E-state index in [1.807, 2.05) is 15.8 Å². The predicted molar refractivity (Wildman–Crippen MR) is 125 cm³/mol. The van der Waals surface area contributed by atoms with E-state index in [0.29, 0.717) is 37.7 Å². The van der Waals surface area contributed by atoms with Crippen molar-refractivity contribution in [3.63, 3.8) is 0 Å². The van der Waals surface area contributed by atoms with Gasteiger partial charge in [-0.1, -0.05) is 6.58 Å². The van der Waals surface area contributed by atoms with Gasteiger partial charge in [-0.15, -0.1) is 0 Å². The van der Waals surface area contributed by atoms with Crippen molar-refractivity contribution in [3.05, 3.63) is 36.8 Å². The summed E-state index contributed by atoms with van der Waals surface area (Å²) in [4.78, 5) is 27.0. The van der Waals surface area contributed by atoms with Crippen molar-refractivity contribution in [2.75, 3.05) is 36.9 Å². The number of hydrogen-bond acceptors (Lipinski definition) is 7. The number of likely N-dealkylation sites (tertiary alicyclic amines) is 1. The van der Waals surface area contributed by atoms with E-state index in [4.69, 9.17) is 14.7 Å². The number of rotatable bonds is 7. The van der Waals surface area contributed by atoms with Gasteiger partial charge in [-0.3, -0.25) is 9.48 Å². The molecule has 3 aromatic heterocycles. The fraction of sp³-hybridized carbons (Fsp3) is 0.478. The number of nitrogens with one attached hydrogen (secondary N) is 3. The van der Waals surface area contributed by atoms with Crippen LogP contribution in [0.5, 0.6) is 0 Å². The average Bonchev–Trinajstić information content (AvgIpc) is 3.39. The SMILES string of the molecule is C=CC(=O)N1CCC[C@@H](Nc2nc(Nc3cnn(C4COC4)c3)nc3[nH]cc(C4CC4)c23)C1. The van der Waals surface area contributed by atoms with E-state index in [9.17, 15) is 4.79 Å². The molecular weight excluding hydrogens is 420 g/mol. The number of carbonyl (C=O) groups is 1. The molecule has 10 heteroatoms. The van der Waals surface area contributed by atoms with Crippen molar-refractivity contribution in [2.24, 2.45) is 0 Å². The van der Waals surface area contributed by atoms with Crippen molar-refractivity contribution in [1.29, 1.82) is 0 Å². The topological polar surface area (TPSA) is 113 Å². The smallest absolute Gasteiger partial charge is 0.246 e. The van der Waals surface area contributed by atoms with Gasteiger partial charge >= 0.3 is 0 Å². The number of ether oxygens (including phenoxy) is 1. The van der Waals surface area contributed by atoms with E-state index in [1.165, 1.54) is 24.5 Å². The van der Waals surface area contributed by atoms with E-state index in [0.717, 1.165) is 41.9 Å². The maximum atomic E-state index is 12.1. The van der Waals surface area contributed by atoms with Gasteiger partial charge in [0.15, 0.2) is 0 Å². The number of H-pyrrole nitrogens is 1. The van der Waals surface area contributed by atoms with Gasteiger partial charge in [0, 0.05) is 31.5 Å². The summed E-state index contributed by atoms with van der Waals surface area (Å²) in [7, 11) is 0. The number of nitrogens with zero attached hydrogens (tertiary/aromatic N) is 5. The number of aromatic nitrogens is 5. The van der Waals surface area contributed by atoms with Crippen LogP contribution >= 0.6 is 0 Å². The molecular formula is C23H28N8O2. The second-order valence-corrected chi connectivity index (χ2v) is 9.13. The van der Waals surface area contributed by atoms with Crippen LogP contribution in [0, 0.1) is 0 Å². The van der Waals surface area contributed by atoms with Gasteiger partial charge in [-0.05, 0) is 43.2 Å². The molecule has 3 fully saturated rings. The molecule has 1 amide bonds. The molecule has 2 saturated heterocycles. The minimum Gasteiger partial charge on any atom is -0.377 e. The number of fused-ring (bicyclic) bond motifs is 1. The second kappa shape index (κ2) is 8.18. The monoisotopic (exact) mass is 448 g/mol. The summed E-state index contributed by atoms with van der Waals surface area (Å²) in [5, 5.41) is 12.4. The summed E-state index contributed by atoms with van der Waals surface area (Å²) in [6, 6.07) is 0.412. The zero-order valence-corrected chi connectivity index (χ0v) is 18.5. The Balaban J connectivity index is 1.29. The van der Waals surface area contributed by atoms with Crippen LogP contribution in [0.15, 0.2) is 31.2 Å². The highest BCUT2D eigenvalue weighted by Crippen LogP contribution is 2.44. The molecule has 1 atom stereocenters. The third kappa shape index (κ3) is 3.95. The first-order valence-electron chi connectivity index (χ1n) is 11.6. The van der Waals surface area contributed by atoms with Crippen molar-refractivity contribution in [3.8, 4) is 0 Å². The Morgan fingerprint density at radius 1 is 1.27 bits per heavy atom. The average molecular weight is 449 g/mol. The number of anilines is 3. The minimum absolute atomic E-state index is 0.0223. The Labute approximate surface area is 191 Å². The summed E-state index contributed by atoms with van der Waals surface area (Å²) in [5.74, 6) is 1.86. The van der Waals surface area contributed by atoms with Crippen molar-refractivity contribution in [2.45, 2.75) is 43.7 Å². The molecule has 0 radical (unpaired) electrons. The third-order valence-electron chi connectivity index (χ3n) is 6.68. The Kier molecular flexibility index (Phi) is 5.01. The van der Waals surface area contributed by atoms with E-state index in [1.54, 1.807) is 6.20 Å². The molecule has 1 aliphatic carbocycles. The summed E-state index contributed by atoms with van der Waals surface area (Å²) < 4.78 is 7.17. The molecule has 6 rings (SSSR count). The highest BCUT2D eigenvalue weighted by Gasteiger charge is 2.30. The zero-order chi connectivity index (χ0) is 22.4. The summed E-state index contributed by atoms with van der Waals surface area (Å²) in [5.41, 5.74) is 2.92. The summed E-state index contributed by atoms with van der Waals surface area (Å²) in [6.45, 7) is 6.42. The van der Waals surface area contributed by atoms with E-state index >= 15 is 0 Å². The maximum absolute atomic E-state index is 12.1. The van der Waals surface area contributed by atoms with E-state index in [2.05, 4.69) is 33.5 Å². The Morgan fingerprint density at radius 3 is 2.91 bits per heavy atom. The van der Waals surface area contributed by atoms with Crippen LogP contribution in [0.4, 0.5) is 17.5 Å². The molecule has 3 aromatic rings. The van der Waals surface area contributed by atoms with Gasteiger partial charge in [0.1, 0.15) is 11.5 Å². The molecule has 10 nitrogen and oxygen atoms in total. The fourth-order valence-corrected chi connectivity index (χ4v) is 4.66. The van der Waals surface area contributed by atoms with Crippen LogP contribution in [-0.4, -0.2) is 67.9 Å². The lowest BCUT2D eigenvalue weighted by atomic mass is 10.0. The predicted octanol–water partition coefficient (Wildman–Crippen LogP) is 2.94. The van der Waals surface area contributed by atoms with E-state index < -0.39 is 0 Å². The van der Waals surface area contributed by atoms with Gasteiger partial charge in [0.2, 0.25) is 11.9 Å². The molecule has 0 bridgehead atoms. The van der Waals surface area contributed by atoms with Crippen LogP contribution in [0.25, 0.3) is 11.0 Å². The first-order chi connectivity index (χ1) is 16.2. The molecule has 33 heavy (non-hydrogen) atoms. The Bertz CT molecular complexity index is 1190. The van der Waals surface area contributed by atoms with Crippen molar-refractivity contribution in [1.82, 2.24) is 29.6 Å². The second-order valence-electron chi connectivity index (χ2n) is 9.13. The number of aromatic amines is 1. The first-order valence-corrected chi connectivity index (χ1v) is 11.6. The lowest BCUT2D eigenvalue weighted by Gasteiger charge is -2.33. The molecule has 0 aromatic carbocycles. The maximum Gasteiger partial charge on any atom is 0.246 e. The van der Waals surface area contributed by atoms with Gasteiger partial charge in [0.05, 0.1) is 36.5 Å². The first kappa shape index (κ1) is 20.2. The van der Waals surface area contributed by atoms with Crippen LogP contribution in [0.3, 0.4) is 0 Å². The quantitative estimate of drug-likeness (QED) is 0.476. The molecule has 0 spiro atoms. The van der Waals surface area contributed by atoms with Crippen molar-refractivity contribution < 1.29 is 9.53 Å². The molecule has 3 aliphatic rings. The molecule has 2 aliphatic heterocycles. The fourth-order valence-electron chi connectivity index (χ4n) is 4.66. The van der Waals surface area contributed by atoms with Gasteiger partial charge in [0.25, 0.3) is 0 Å². The van der Waals surface area contributed by atoms with Crippen LogP contribution in [0.2, 0.25) is 0 Å². The van der Waals surface area contributed by atoms with E-state index in [-0.39, 0.29) is 11.9 Å². The number of carbonyl (C=O) groups excluding carboxylic acids is 1. The number of hydrogen-bond donors (Lipinski definition) is 3. The Hall–Kier alpha value is -3.40. The largest absolute Gasteiger partial charge is 0.377 e. The standard InChI is InChI=1S/C23H28N8O2/c1-2-19(32)30-7-3-4-15(10-30)26-22-20-18(14-5-6-14)9-24-21(20)28-23(29-22)27-16-8-25-31(11-16)17-12-33-13-17/h2,8-9,11,14-15,17H,1,3-7,10,12-13H2,(H3,24,26,27,28,29)/t15-/m1/s1. The lowest BCUT2D eigenvalue weighted by molar-refractivity contribution is -0.127.